The molecule has 0 spiro atoms. The normalized spacial score (nSPS) is 13.0. The molecule has 1 unspecified atom stereocenters. The highest BCUT2D eigenvalue weighted by atomic mass is 16.4. The molecule has 12 heavy (non-hydrogen) atoms. The minimum atomic E-state index is -1.05. The maximum Gasteiger partial charge on any atom is 0.381 e. The van der Waals surface area contributed by atoms with E-state index in [1.165, 1.54) is 0 Å². The van der Waals surface area contributed by atoms with E-state index in [4.69, 9.17) is 5.11 Å². The van der Waals surface area contributed by atoms with Gasteiger partial charge < -0.3 is 5.11 Å². The lowest BCUT2D eigenvalue weighted by atomic mass is 9.80. The van der Waals surface area contributed by atoms with Crippen LogP contribution in [0.3, 0.4) is 0 Å². The van der Waals surface area contributed by atoms with Gasteiger partial charge in [-0.25, -0.2) is 4.79 Å². The predicted molar refractivity (Wildman–Crippen MR) is 48.6 cm³/mol. The maximum atomic E-state index is 10.1. The number of hydrogen-bond acceptors (Lipinski definition) is 1. The fourth-order valence-corrected chi connectivity index (χ4v) is 0.586. The van der Waals surface area contributed by atoms with Crippen molar-refractivity contribution in [1.29, 1.82) is 0 Å². The molecule has 0 saturated heterocycles. The third-order valence-corrected chi connectivity index (χ3v) is 2.08. The fraction of sp³-hybridized carbons (Fsp3) is 0.700. The van der Waals surface area contributed by atoms with E-state index in [1.807, 2.05) is 0 Å². The Labute approximate surface area is 74.0 Å². The number of hydrogen-bond donors (Lipinski definition) is 1. The van der Waals surface area contributed by atoms with Crippen molar-refractivity contribution in [3.63, 3.8) is 0 Å². The molecule has 2 heteroatoms. The summed E-state index contributed by atoms with van der Waals surface area (Å²) in [5.41, 5.74) is 0.202. The molecular weight excluding hydrogens is 152 g/mol. The smallest absolute Gasteiger partial charge is 0.381 e. The summed E-state index contributed by atoms with van der Waals surface area (Å²) in [6, 6.07) is 0. The zero-order chi connectivity index (χ0) is 9.78. The first kappa shape index (κ1) is 11.0. The zero-order valence-electron chi connectivity index (χ0n) is 8.14. The summed E-state index contributed by atoms with van der Waals surface area (Å²) in [7, 11) is 0. The average Bonchev–Trinajstić information content (AvgIpc) is 1.84. The molecule has 0 aromatic rings. The highest BCUT2D eigenvalue weighted by Gasteiger charge is 2.18. The van der Waals surface area contributed by atoms with E-state index in [0.717, 1.165) is 0 Å². The molecule has 0 aromatic carbocycles. The van der Waals surface area contributed by atoms with Gasteiger partial charge in [0.25, 0.3) is 0 Å². The minimum absolute atomic E-state index is 0.202. The molecule has 0 heterocycles. The van der Waals surface area contributed by atoms with Crippen LogP contribution in [-0.2, 0) is 4.79 Å². The molecule has 1 atom stereocenters. The van der Waals surface area contributed by atoms with Gasteiger partial charge in [0.2, 0.25) is 0 Å². The standard InChI is InChI=1S/C10H16O2/c1-8(10(2,3)4)6-5-7-9(11)12/h8H,6H2,1-4H3,(H,11,12). The van der Waals surface area contributed by atoms with Crippen LogP contribution in [-0.4, -0.2) is 11.1 Å². The Morgan fingerprint density at radius 3 is 2.33 bits per heavy atom. The molecule has 0 fully saturated rings. The van der Waals surface area contributed by atoms with Gasteiger partial charge in [0.05, 0.1) is 0 Å². The van der Waals surface area contributed by atoms with Gasteiger partial charge in [-0.05, 0) is 11.3 Å². The number of carbonyl (C=O) groups is 1. The van der Waals surface area contributed by atoms with Crippen molar-refractivity contribution < 1.29 is 9.90 Å². The molecule has 0 aliphatic carbocycles. The second-order valence-electron chi connectivity index (χ2n) is 4.08. The van der Waals surface area contributed by atoms with Crippen LogP contribution in [0.4, 0.5) is 0 Å². The van der Waals surface area contributed by atoms with Crippen molar-refractivity contribution in [2.45, 2.75) is 34.1 Å². The van der Waals surface area contributed by atoms with E-state index >= 15 is 0 Å². The van der Waals surface area contributed by atoms with Crippen LogP contribution in [0, 0.1) is 23.2 Å². The predicted octanol–water partition coefficient (Wildman–Crippen LogP) is 2.15. The Kier molecular flexibility index (Phi) is 3.82. The van der Waals surface area contributed by atoms with E-state index in [-0.39, 0.29) is 5.41 Å². The molecule has 0 amide bonds. The summed E-state index contributed by atoms with van der Waals surface area (Å²) >= 11 is 0. The van der Waals surface area contributed by atoms with Crippen molar-refractivity contribution in [3.05, 3.63) is 0 Å². The summed E-state index contributed by atoms with van der Waals surface area (Å²) < 4.78 is 0. The lowest BCUT2D eigenvalue weighted by Crippen LogP contribution is -2.16. The van der Waals surface area contributed by atoms with Crippen molar-refractivity contribution >= 4 is 5.97 Å². The monoisotopic (exact) mass is 168 g/mol. The van der Waals surface area contributed by atoms with Gasteiger partial charge in [0.1, 0.15) is 0 Å². The molecule has 0 rings (SSSR count). The van der Waals surface area contributed by atoms with E-state index in [1.54, 1.807) is 0 Å². The van der Waals surface area contributed by atoms with Crippen molar-refractivity contribution in [2.75, 3.05) is 0 Å². The summed E-state index contributed by atoms with van der Waals surface area (Å²) in [6.07, 6.45) is 0.649. The van der Waals surface area contributed by atoms with Crippen molar-refractivity contribution in [3.8, 4) is 11.8 Å². The van der Waals surface area contributed by atoms with E-state index < -0.39 is 5.97 Å². The van der Waals surface area contributed by atoms with Crippen LogP contribution in [0.1, 0.15) is 34.1 Å². The molecule has 0 radical (unpaired) electrons. The van der Waals surface area contributed by atoms with Gasteiger partial charge >= 0.3 is 5.97 Å². The number of rotatable bonds is 1. The molecule has 0 saturated carbocycles. The Bertz CT molecular complexity index is 212. The quantitative estimate of drug-likeness (QED) is 0.609. The Morgan fingerprint density at radius 2 is 2.00 bits per heavy atom. The number of carboxylic acid groups (broad SMARTS) is 1. The zero-order valence-corrected chi connectivity index (χ0v) is 8.14. The first-order chi connectivity index (χ1) is 5.34. The first-order valence-electron chi connectivity index (χ1n) is 4.06. The molecule has 2 nitrogen and oxygen atoms in total. The van der Waals surface area contributed by atoms with Crippen molar-refractivity contribution in [2.24, 2.45) is 11.3 Å². The third kappa shape index (κ3) is 4.79. The Morgan fingerprint density at radius 1 is 1.50 bits per heavy atom. The second-order valence-corrected chi connectivity index (χ2v) is 4.08. The third-order valence-electron chi connectivity index (χ3n) is 2.08. The summed E-state index contributed by atoms with van der Waals surface area (Å²) in [6.45, 7) is 8.46. The van der Waals surface area contributed by atoms with E-state index in [9.17, 15) is 4.79 Å². The van der Waals surface area contributed by atoms with E-state index in [2.05, 4.69) is 39.5 Å². The highest BCUT2D eigenvalue weighted by molar-refractivity contribution is 5.86. The van der Waals surface area contributed by atoms with Gasteiger partial charge in [-0.3, -0.25) is 0 Å². The van der Waals surface area contributed by atoms with Crippen molar-refractivity contribution in [1.82, 2.24) is 0 Å². The first-order valence-corrected chi connectivity index (χ1v) is 4.06. The Hall–Kier alpha value is -0.970. The van der Waals surface area contributed by atoms with Crippen LogP contribution >= 0.6 is 0 Å². The molecule has 1 N–H and O–H groups in total. The molecule has 0 aliphatic heterocycles. The fourth-order valence-electron chi connectivity index (χ4n) is 0.586. The Balaban J connectivity index is 3.98. The molecule has 0 aliphatic rings. The van der Waals surface area contributed by atoms with Crippen LogP contribution in [0.25, 0.3) is 0 Å². The number of carboxylic acids is 1. The second kappa shape index (κ2) is 4.15. The molecule has 68 valence electrons. The van der Waals surface area contributed by atoms with E-state index in [0.29, 0.717) is 12.3 Å². The van der Waals surface area contributed by atoms with Gasteiger partial charge in [0, 0.05) is 12.3 Å². The SMILES string of the molecule is CC(CC#CC(=O)O)C(C)(C)C. The molecule has 0 aromatic heterocycles. The van der Waals surface area contributed by atoms with Crippen LogP contribution in [0.5, 0.6) is 0 Å². The van der Waals surface area contributed by atoms with Gasteiger partial charge in [0.15, 0.2) is 0 Å². The highest BCUT2D eigenvalue weighted by Crippen LogP contribution is 2.27. The lowest BCUT2D eigenvalue weighted by molar-refractivity contribution is -0.130. The van der Waals surface area contributed by atoms with Gasteiger partial charge in [-0.1, -0.05) is 33.6 Å². The van der Waals surface area contributed by atoms with Gasteiger partial charge in [-0.15, -0.1) is 0 Å². The molecule has 0 bridgehead atoms. The summed E-state index contributed by atoms with van der Waals surface area (Å²) in [5.74, 6) is 4.13. The molecular formula is C10H16O2. The maximum absolute atomic E-state index is 10.1. The average molecular weight is 168 g/mol. The van der Waals surface area contributed by atoms with Crippen LogP contribution in [0.2, 0.25) is 0 Å². The largest absolute Gasteiger partial charge is 0.472 e. The number of aliphatic carboxylic acids is 1. The van der Waals surface area contributed by atoms with Gasteiger partial charge in [-0.2, -0.15) is 0 Å². The lowest BCUT2D eigenvalue weighted by Gasteiger charge is -2.25. The minimum Gasteiger partial charge on any atom is -0.472 e. The van der Waals surface area contributed by atoms with Crippen LogP contribution in [0.15, 0.2) is 0 Å². The topological polar surface area (TPSA) is 37.3 Å². The summed E-state index contributed by atoms with van der Waals surface area (Å²) in [4.78, 5) is 10.1. The summed E-state index contributed by atoms with van der Waals surface area (Å²) in [5, 5.41) is 8.26. The van der Waals surface area contributed by atoms with Crippen LogP contribution < -0.4 is 0 Å².